The van der Waals surface area contributed by atoms with E-state index in [2.05, 4.69) is 33.4 Å². The minimum Gasteiger partial charge on any atom is -0.357 e. The molecule has 0 radical (unpaired) electrons. The number of carbonyl (C=O) groups excluding carboxylic acids is 1. The summed E-state index contributed by atoms with van der Waals surface area (Å²) in [7, 11) is 0. The number of amides is 1. The number of guanidine groups is 1. The number of aliphatic imine (C=N–C) groups is 1. The summed E-state index contributed by atoms with van der Waals surface area (Å²) < 4.78 is 0.857. The second-order valence-corrected chi connectivity index (χ2v) is 8.95. The molecule has 9 heteroatoms. The van der Waals surface area contributed by atoms with Gasteiger partial charge in [0.15, 0.2) is 5.96 Å². The fourth-order valence-electron chi connectivity index (χ4n) is 3.15. The predicted molar refractivity (Wildman–Crippen MR) is 128 cm³/mol. The molecule has 0 spiro atoms. The van der Waals surface area contributed by atoms with Crippen LogP contribution < -0.4 is 10.6 Å². The first-order valence-electron chi connectivity index (χ1n) is 9.93. The third-order valence-electron chi connectivity index (χ3n) is 4.78. The van der Waals surface area contributed by atoms with Crippen molar-refractivity contribution in [2.24, 2.45) is 4.99 Å². The maximum absolute atomic E-state index is 11.8. The van der Waals surface area contributed by atoms with Gasteiger partial charge in [0.25, 0.3) is 0 Å². The van der Waals surface area contributed by atoms with Crippen molar-refractivity contribution < 1.29 is 4.79 Å². The molecule has 0 atom stereocenters. The lowest BCUT2D eigenvalue weighted by molar-refractivity contribution is -0.121. The van der Waals surface area contributed by atoms with E-state index in [9.17, 15) is 4.79 Å². The number of piperazine rings is 1. The number of halogens is 2. The van der Waals surface area contributed by atoms with E-state index in [4.69, 9.17) is 16.6 Å². The maximum atomic E-state index is 11.8. The summed E-state index contributed by atoms with van der Waals surface area (Å²) in [5.41, 5.74) is 0. The van der Waals surface area contributed by atoms with Gasteiger partial charge in [0.05, 0.1) is 4.34 Å². The summed E-state index contributed by atoms with van der Waals surface area (Å²) in [6, 6.07) is 4.53. The van der Waals surface area contributed by atoms with E-state index in [1.165, 1.54) is 4.88 Å². The van der Waals surface area contributed by atoms with Crippen molar-refractivity contribution in [2.45, 2.75) is 45.2 Å². The Kier molecular flexibility index (Phi) is 10.3. The van der Waals surface area contributed by atoms with Gasteiger partial charge in [-0.05, 0) is 38.3 Å². The van der Waals surface area contributed by atoms with Crippen LogP contribution in [0, 0.1) is 0 Å². The highest BCUT2D eigenvalue weighted by molar-refractivity contribution is 14.0. The van der Waals surface area contributed by atoms with Gasteiger partial charge in [0, 0.05) is 63.2 Å². The molecule has 6 nitrogen and oxygen atoms in total. The van der Waals surface area contributed by atoms with Gasteiger partial charge in [-0.3, -0.25) is 14.7 Å². The Bertz CT molecular complexity index is 644. The van der Waals surface area contributed by atoms with Gasteiger partial charge in [-0.25, -0.2) is 0 Å². The van der Waals surface area contributed by atoms with E-state index in [1.54, 1.807) is 11.3 Å². The van der Waals surface area contributed by atoms with Crippen LogP contribution in [0.5, 0.6) is 0 Å². The van der Waals surface area contributed by atoms with Gasteiger partial charge in [-0.1, -0.05) is 11.6 Å². The van der Waals surface area contributed by atoms with E-state index < -0.39 is 0 Å². The highest BCUT2D eigenvalue weighted by Gasteiger charge is 2.23. The highest BCUT2D eigenvalue weighted by Crippen LogP contribution is 2.23. The molecule has 0 aromatic carbocycles. The van der Waals surface area contributed by atoms with E-state index >= 15 is 0 Å². The highest BCUT2D eigenvalue weighted by atomic mass is 127. The zero-order chi connectivity index (χ0) is 19.1. The van der Waals surface area contributed by atoms with Crippen LogP contribution in [0.25, 0.3) is 0 Å². The Morgan fingerprint density at radius 2 is 2.04 bits per heavy atom. The SMILES string of the molecule is CCNC(=NCCCC(=O)NC1CC1)N1CCN(Cc2ccc(Cl)s2)CC1.I. The zero-order valence-corrected chi connectivity index (χ0v) is 20.4. The van der Waals surface area contributed by atoms with Crippen molar-refractivity contribution >= 4 is 58.8 Å². The summed E-state index contributed by atoms with van der Waals surface area (Å²) in [6.45, 7) is 8.57. The molecule has 0 bridgehead atoms. The van der Waals surface area contributed by atoms with Gasteiger partial charge in [0.1, 0.15) is 0 Å². The topological polar surface area (TPSA) is 60.0 Å². The summed E-state index contributed by atoms with van der Waals surface area (Å²) in [5.74, 6) is 1.14. The predicted octanol–water partition coefficient (Wildman–Crippen LogP) is 3.16. The maximum Gasteiger partial charge on any atom is 0.220 e. The van der Waals surface area contributed by atoms with Crippen molar-refractivity contribution in [2.75, 3.05) is 39.3 Å². The van der Waals surface area contributed by atoms with Gasteiger partial charge < -0.3 is 15.5 Å². The lowest BCUT2D eigenvalue weighted by Gasteiger charge is -2.36. The van der Waals surface area contributed by atoms with Gasteiger partial charge in [0.2, 0.25) is 5.91 Å². The molecule has 1 aliphatic heterocycles. The van der Waals surface area contributed by atoms with Crippen molar-refractivity contribution in [1.82, 2.24) is 20.4 Å². The number of nitrogens with one attached hydrogen (secondary N) is 2. The molecule has 2 heterocycles. The number of hydrogen-bond donors (Lipinski definition) is 2. The van der Waals surface area contributed by atoms with Crippen LogP contribution in [-0.2, 0) is 11.3 Å². The second-order valence-electron chi connectivity index (χ2n) is 7.15. The van der Waals surface area contributed by atoms with Crippen LogP contribution in [0.1, 0.15) is 37.5 Å². The Hall–Kier alpha value is -0.580. The normalized spacial score (nSPS) is 17.9. The lowest BCUT2D eigenvalue weighted by atomic mass is 10.3. The van der Waals surface area contributed by atoms with Crippen LogP contribution in [0.4, 0.5) is 0 Å². The van der Waals surface area contributed by atoms with Crippen LogP contribution in [0.3, 0.4) is 0 Å². The fourth-order valence-corrected chi connectivity index (χ4v) is 4.28. The molecule has 2 fully saturated rings. The minimum atomic E-state index is 0. The molecule has 1 aliphatic carbocycles. The Morgan fingerprint density at radius 3 is 2.64 bits per heavy atom. The molecule has 158 valence electrons. The Labute approximate surface area is 194 Å². The summed E-state index contributed by atoms with van der Waals surface area (Å²) in [4.78, 5) is 22.6. The summed E-state index contributed by atoms with van der Waals surface area (Å²) in [5, 5.41) is 6.42. The largest absolute Gasteiger partial charge is 0.357 e. The summed E-state index contributed by atoms with van der Waals surface area (Å²) >= 11 is 7.69. The third-order valence-corrected chi connectivity index (χ3v) is 6.00. The van der Waals surface area contributed by atoms with Crippen molar-refractivity contribution in [1.29, 1.82) is 0 Å². The lowest BCUT2D eigenvalue weighted by Crippen LogP contribution is -2.52. The molecule has 1 aromatic rings. The van der Waals surface area contributed by atoms with Crippen LogP contribution >= 0.6 is 46.9 Å². The average molecular weight is 540 g/mol. The molecule has 1 amide bonds. The second kappa shape index (κ2) is 12.2. The average Bonchev–Trinajstić information content (AvgIpc) is 3.38. The van der Waals surface area contributed by atoms with E-state index in [1.807, 2.05) is 6.07 Å². The van der Waals surface area contributed by atoms with Gasteiger partial charge >= 0.3 is 0 Å². The number of rotatable bonds is 8. The van der Waals surface area contributed by atoms with Crippen LogP contribution in [0.15, 0.2) is 17.1 Å². The van der Waals surface area contributed by atoms with E-state index in [0.29, 0.717) is 19.0 Å². The quantitative estimate of drug-likeness (QED) is 0.231. The number of carbonyl (C=O) groups is 1. The number of thiophene rings is 1. The Morgan fingerprint density at radius 1 is 1.29 bits per heavy atom. The first kappa shape index (κ1) is 23.7. The van der Waals surface area contributed by atoms with Crippen LogP contribution in [0.2, 0.25) is 4.34 Å². The minimum absolute atomic E-state index is 0. The van der Waals surface area contributed by atoms with Gasteiger partial charge in [-0.2, -0.15) is 0 Å². The number of nitrogens with zero attached hydrogens (tertiary/aromatic N) is 3. The third kappa shape index (κ3) is 8.04. The van der Waals surface area contributed by atoms with E-state index in [0.717, 1.165) is 68.8 Å². The molecular weight excluding hydrogens is 509 g/mol. The monoisotopic (exact) mass is 539 g/mol. The molecule has 1 aromatic heterocycles. The fraction of sp³-hybridized carbons (Fsp3) is 0.684. The van der Waals surface area contributed by atoms with Gasteiger partial charge in [-0.15, -0.1) is 35.3 Å². The van der Waals surface area contributed by atoms with Crippen molar-refractivity contribution in [3.63, 3.8) is 0 Å². The zero-order valence-electron chi connectivity index (χ0n) is 16.5. The first-order chi connectivity index (χ1) is 13.1. The molecule has 2 N–H and O–H groups in total. The smallest absolute Gasteiger partial charge is 0.220 e. The van der Waals surface area contributed by atoms with Crippen LogP contribution in [-0.4, -0.2) is 67.0 Å². The summed E-state index contributed by atoms with van der Waals surface area (Å²) in [6.07, 6.45) is 3.64. The molecule has 1 saturated heterocycles. The van der Waals surface area contributed by atoms with Crippen molar-refractivity contribution in [3.05, 3.63) is 21.3 Å². The molecule has 0 unspecified atom stereocenters. The molecular formula is C19H31ClIN5OS. The standard InChI is InChI=1S/C19H30ClN5OS.HI/c1-2-21-19(22-9-3-4-18(26)23-15-5-6-15)25-12-10-24(11-13-25)14-16-7-8-17(20)27-16;/h7-8,15H,2-6,9-14H2,1H3,(H,21,22)(H,23,26);1H. The Balaban J connectivity index is 0.00000280. The van der Waals surface area contributed by atoms with E-state index in [-0.39, 0.29) is 29.9 Å². The molecule has 2 aliphatic rings. The number of hydrogen-bond acceptors (Lipinski definition) is 4. The van der Waals surface area contributed by atoms with Crippen molar-refractivity contribution in [3.8, 4) is 0 Å². The molecule has 28 heavy (non-hydrogen) atoms. The molecule has 1 saturated carbocycles. The molecule has 3 rings (SSSR count). The first-order valence-corrected chi connectivity index (χ1v) is 11.1.